The zero-order chi connectivity index (χ0) is 33.0. The normalized spacial score (nSPS) is 12.2. The number of rotatable bonds is 14. The molecule has 0 aliphatic rings. The lowest BCUT2D eigenvalue weighted by atomic mass is 10.1. The molecule has 0 bridgehead atoms. The van der Waals surface area contributed by atoms with Crippen molar-refractivity contribution >= 4 is 26.0 Å². The average molecular weight is 689 g/mol. The zero-order valence-corrected chi connectivity index (χ0v) is 29.4. The van der Waals surface area contributed by atoms with Gasteiger partial charge in [-0.05, 0) is 83.6 Å². The molecule has 6 nitrogen and oxygen atoms in total. The van der Waals surface area contributed by atoms with Crippen LogP contribution in [0.2, 0.25) is 0 Å². The van der Waals surface area contributed by atoms with Gasteiger partial charge in [-0.25, -0.2) is 0 Å². The molecule has 0 saturated heterocycles. The summed E-state index contributed by atoms with van der Waals surface area (Å²) >= 11 is 0. The van der Waals surface area contributed by atoms with Crippen LogP contribution in [0, 0.1) is 0 Å². The molecule has 0 aliphatic heterocycles. The summed E-state index contributed by atoms with van der Waals surface area (Å²) in [6.45, 7) is 3.94. The first kappa shape index (κ1) is 33.5. The Labute approximate surface area is 287 Å². The fourth-order valence-electron chi connectivity index (χ4n) is 4.69. The lowest BCUT2D eigenvalue weighted by Crippen LogP contribution is -2.17. The van der Waals surface area contributed by atoms with Crippen LogP contribution in [0.1, 0.15) is 13.8 Å². The van der Waals surface area contributed by atoms with Crippen LogP contribution >= 0.6 is 26.0 Å². The minimum absolute atomic E-state index is 0.131. The van der Waals surface area contributed by atoms with Gasteiger partial charge in [0.1, 0.15) is 17.2 Å². The summed E-state index contributed by atoms with van der Waals surface area (Å²) in [5, 5.41) is 0. The Kier molecular flexibility index (Phi) is 12.0. The molecule has 0 N–H and O–H groups in total. The van der Waals surface area contributed by atoms with Gasteiger partial charge in [0.2, 0.25) is 0 Å². The topological polar surface area (TPSA) is 52.5 Å². The van der Waals surface area contributed by atoms with Crippen molar-refractivity contribution in [3.63, 3.8) is 0 Å². The number of benzene rings is 6. The lowest BCUT2D eigenvalue weighted by molar-refractivity contribution is -0.0581. The molecule has 0 aromatic heterocycles. The third-order valence-electron chi connectivity index (χ3n) is 7.04. The van der Waals surface area contributed by atoms with Crippen molar-refractivity contribution < 1.29 is 18.4 Å². The summed E-state index contributed by atoms with van der Waals surface area (Å²) < 4.78 is 25.3. The molecule has 0 aliphatic carbocycles. The lowest BCUT2D eigenvalue weighted by Gasteiger charge is -2.26. The summed E-state index contributed by atoms with van der Waals surface area (Å²) in [5.74, 6) is 2.09. The maximum atomic E-state index is 6.49. The number of hydrogen-bond acceptors (Lipinski definition) is 6. The van der Waals surface area contributed by atoms with Gasteiger partial charge in [-0.15, -0.1) is 4.52 Å². The van der Waals surface area contributed by atoms with E-state index in [1.165, 1.54) is 0 Å². The van der Waals surface area contributed by atoms with Gasteiger partial charge < -0.3 is 13.6 Å². The molecule has 0 radical (unpaired) electrons. The van der Waals surface area contributed by atoms with Crippen LogP contribution in [0.15, 0.2) is 168 Å². The van der Waals surface area contributed by atoms with Gasteiger partial charge in [-0.1, -0.05) is 132 Å². The quantitative estimate of drug-likeness (QED) is 0.0842. The SMILES string of the molecule is CC(C)ON(POc1ccc(-c2ccccc2)cc1)P(N=POc1ccc(-c2ccccc2)cc1)Oc1ccc(-c2ccccc2)cc1. The van der Waals surface area contributed by atoms with Gasteiger partial charge >= 0.3 is 8.45 Å². The van der Waals surface area contributed by atoms with Crippen LogP contribution in [0.25, 0.3) is 33.4 Å². The predicted octanol–water partition coefficient (Wildman–Crippen LogP) is 12.6. The molecule has 2 atom stereocenters. The van der Waals surface area contributed by atoms with Gasteiger partial charge in [0.05, 0.1) is 6.10 Å². The number of nitrogens with zero attached hydrogens (tertiary/aromatic N) is 2. The van der Waals surface area contributed by atoms with E-state index in [9.17, 15) is 0 Å². The van der Waals surface area contributed by atoms with Gasteiger partial charge in [-0.2, -0.15) is 0 Å². The van der Waals surface area contributed by atoms with E-state index < -0.39 is 8.45 Å². The molecular weight excluding hydrogens is 653 g/mol. The summed E-state index contributed by atoms with van der Waals surface area (Å²) in [5.41, 5.74) is 6.78. The standard InChI is InChI=1S/C39H35N2O4P3/c1-30(2)42-41(47-44-38-26-20-35(21-27-38)32-14-8-4-9-15-32)48(45-39-28-22-36(23-29-39)33-16-10-5-11-17-33)40-46-43-37-24-18-34(19-25-37)31-12-6-3-7-13-31/h3-30,47H,1-2H3. The highest BCUT2D eigenvalue weighted by molar-refractivity contribution is 7.60. The summed E-state index contributed by atoms with van der Waals surface area (Å²) in [4.78, 5) is 6.23. The Bertz CT molecular complexity index is 1860. The van der Waals surface area contributed by atoms with Gasteiger partial charge in [0, 0.05) is 0 Å². The van der Waals surface area contributed by atoms with E-state index in [0.29, 0.717) is 20.1 Å². The molecule has 48 heavy (non-hydrogen) atoms. The molecule has 6 aromatic rings. The molecule has 6 aromatic carbocycles. The number of hydrogen-bond donors (Lipinski definition) is 0. The van der Waals surface area contributed by atoms with Gasteiger partial charge in [0.15, 0.2) is 8.96 Å². The van der Waals surface area contributed by atoms with Gasteiger partial charge in [-0.3, -0.25) is 4.84 Å². The van der Waals surface area contributed by atoms with Crippen molar-refractivity contribution in [3.05, 3.63) is 164 Å². The molecule has 240 valence electrons. The molecule has 6 rings (SSSR count). The Morgan fingerprint density at radius 2 is 0.917 bits per heavy atom. The second-order valence-corrected chi connectivity index (χ2v) is 14.2. The van der Waals surface area contributed by atoms with E-state index in [2.05, 4.69) is 48.5 Å². The first-order chi connectivity index (χ1) is 23.6. The van der Waals surface area contributed by atoms with Crippen LogP contribution < -0.4 is 13.6 Å². The highest BCUT2D eigenvalue weighted by atomic mass is 31.2. The third kappa shape index (κ3) is 9.58. The highest BCUT2D eigenvalue weighted by Crippen LogP contribution is 2.53. The second kappa shape index (κ2) is 17.1. The van der Waals surface area contributed by atoms with Crippen LogP contribution in [-0.2, 0) is 4.84 Å². The van der Waals surface area contributed by atoms with Crippen molar-refractivity contribution in [1.82, 2.24) is 4.60 Å². The predicted molar refractivity (Wildman–Crippen MR) is 200 cm³/mol. The Hall–Kier alpha value is -4.40. The van der Waals surface area contributed by atoms with E-state index in [1.807, 2.05) is 129 Å². The van der Waals surface area contributed by atoms with Crippen LogP contribution in [0.5, 0.6) is 17.2 Å². The zero-order valence-electron chi connectivity index (χ0n) is 26.6. The smallest absolute Gasteiger partial charge is 0.337 e. The fourth-order valence-corrected chi connectivity index (χ4v) is 7.85. The fraction of sp³-hybridized carbons (Fsp3) is 0.0769. The van der Waals surface area contributed by atoms with Crippen molar-refractivity contribution in [1.29, 1.82) is 0 Å². The monoisotopic (exact) mass is 688 g/mol. The van der Waals surface area contributed by atoms with E-state index in [4.69, 9.17) is 22.9 Å². The van der Waals surface area contributed by atoms with Gasteiger partial charge in [0.25, 0.3) is 8.60 Å². The highest BCUT2D eigenvalue weighted by Gasteiger charge is 2.26. The maximum absolute atomic E-state index is 6.49. The summed E-state index contributed by atoms with van der Waals surface area (Å²) in [7, 11) is -1.53. The van der Waals surface area contributed by atoms with Crippen LogP contribution in [-0.4, -0.2) is 10.7 Å². The van der Waals surface area contributed by atoms with Crippen molar-refractivity contribution in [2.45, 2.75) is 20.0 Å². The third-order valence-corrected chi connectivity index (χ3v) is 10.4. The molecule has 9 heteroatoms. The molecule has 0 amide bonds. The van der Waals surface area contributed by atoms with Crippen molar-refractivity contribution in [3.8, 4) is 50.6 Å². The van der Waals surface area contributed by atoms with E-state index >= 15 is 0 Å². The Balaban J connectivity index is 1.19. The minimum Gasteiger partial charge on any atom is -0.458 e. The Morgan fingerprint density at radius 3 is 1.35 bits per heavy atom. The molecule has 0 spiro atoms. The average Bonchev–Trinajstić information content (AvgIpc) is 3.15. The van der Waals surface area contributed by atoms with Crippen LogP contribution in [0.3, 0.4) is 0 Å². The van der Waals surface area contributed by atoms with Crippen molar-refractivity contribution in [2.75, 3.05) is 0 Å². The molecule has 0 heterocycles. The van der Waals surface area contributed by atoms with Crippen molar-refractivity contribution in [2.24, 2.45) is 4.52 Å². The molecular formula is C39H35N2O4P3. The first-order valence-electron chi connectivity index (χ1n) is 15.5. The van der Waals surface area contributed by atoms with E-state index in [1.54, 1.807) is 4.60 Å². The maximum Gasteiger partial charge on any atom is 0.337 e. The molecule has 0 fully saturated rings. The Morgan fingerprint density at radius 1 is 0.521 bits per heavy atom. The minimum atomic E-state index is -1.69. The molecule has 0 saturated carbocycles. The molecule has 2 unspecified atom stereocenters. The van der Waals surface area contributed by atoms with Crippen LogP contribution in [0.4, 0.5) is 0 Å². The van der Waals surface area contributed by atoms with E-state index in [0.717, 1.165) is 39.1 Å². The first-order valence-corrected chi connectivity index (χ1v) is 18.3. The van der Waals surface area contributed by atoms with E-state index in [-0.39, 0.29) is 15.1 Å². The summed E-state index contributed by atoms with van der Waals surface area (Å²) in [6.07, 6.45) is -0.131. The largest absolute Gasteiger partial charge is 0.458 e. The summed E-state index contributed by atoms with van der Waals surface area (Å²) in [6, 6.07) is 54.8. The second-order valence-electron chi connectivity index (χ2n) is 10.9.